The Morgan fingerprint density at radius 3 is 2.72 bits per heavy atom. The summed E-state index contributed by atoms with van der Waals surface area (Å²) in [6.07, 6.45) is 0. The maximum atomic E-state index is 11.1. The Bertz CT molecular complexity index is 392. The van der Waals surface area contributed by atoms with Crippen molar-refractivity contribution in [2.75, 3.05) is 13.1 Å². The molecule has 100 valence electrons. The van der Waals surface area contributed by atoms with Crippen molar-refractivity contribution in [2.45, 2.75) is 26.4 Å². The second-order valence-electron chi connectivity index (χ2n) is 4.00. The summed E-state index contributed by atoms with van der Waals surface area (Å²) in [5.41, 5.74) is 0. The number of carbonyl (C=O) groups is 2. The number of carboxylic acids is 1. The van der Waals surface area contributed by atoms with Gasteiger partial charge in [0.1, 0.15) is 6.04 Å². The fourth-order valence-electron chi connectivity index (χ4n) is 1.62. The summed E-state index contributed by atoms with van der Waals surface area (Å²) in [4.78, 5) is 25.2. The maximum Gasteiger partial charge on any atom is 0.327 e. The highest BCUT2D eigenvalue weighted by Gasteiger charge is 2.21. The first kappa shape index (κ1) is 14.7. The molecule has 1 atom stereocenters. The van der Waals surface area contributed by atoms with E-state index in [-0.39, 0.29) is 5.91 Å². The quantitative estimate of drug-likeness (QED) is 0.780. The van der Waals surface area contributed by atoms with Crippen LogP contribution in [0.4, 0.5) is 0 Å². The zero-order chi connectivity index (χ0) is 13.5. The molecule has 0 radical (unpaired) electrons. The molecule has 18 heavy (non-hydrogen) atoms. The van der Waals surface area contributed by atoms with Crippen LogP contribution in [0.2, 0.25) is 0 Å². The molecule has 6 heteroatoms. The molecule has 0 saturated heterocycles. The average Bonchev–Trinajstić information content (AvgIpc) is 2.79. The van der Waals surface area contributed by atoms with Crippen molar-refractivity contribution >= 4 is 23.2 Å². The maximum absolute atomic E-state index is 11.1. The molecule has 0 aliphatic rings. The van der Waals surface area contributed by atoms with Crippen molar-refractivity contribution in [3.63, 3.8) is 0 Å². The Kier molecular flexibility index (Phi) is 5.80. The third kappa shape index (κ3) is 4.85. The summed E-state index contributed by atoms with van der Waals surface area (Å²) < 4.78 is 0. The van der Waals surface area contributed by atoms with E-state index >= 15 is 0 Å². The molecule has 0 spiro atoms. The van der Waals surface area contributed by atoms with E-state index in [0.29, 0.717) is 13.1 Å². The van der Waals surface area contributed by atoms with Gasteiger partial charge in [0, 0.05) is 24.9 Å². The van der Waals surface area contributed by atoms with Crippen molar-refractivity contribution in [1.29, 1.82) is 0 Å². The lowest BCUT2D eigenvalue weighted by atomic mass is 10.2. The summed E-state index contributed by atoms with van der Waals surface area (Å²) >= 11 is 1.64. The lowest BCUT2D eigenvalue weighted by Crippen LogP contribution is -2.47. The molecule has 0 saturated carbocycles. The van der Waals surface area contributed by atoms with Gasteiger partial charge in [-0.1, -0.05) is 13.0 Å². The molecule has 5 nitrogen and oxygen atoms in total. The standard InChI is InChI=1S/C12H18N2O3S/c1-3-14(7-10-5-4-6-18-10)8-11(12(16)17)13-9(2)15/h4-6,11H,3,7-8H2,1-2H3,(H,13,15)(H,16,17). The van der Waals surface area contributed by atoms with Gasteiger partial charge in [0.2, 0.25) is 5.91 Å². The van der Waals surface area contributed by atoms with Crippen LogP contribution in [-0.2, 0) is 16.1 Å². The van der Waals surface area contributed by atoms with Crippen LogP contribution in [0.5, 0.6) is 0 Å². The fraction of sp³-hybridized carbons (Fsp3) is 0.500. The average molecular weight is 270 g/mol. The number of carbonyl (C=O) groups excluding carboxylic acids is 1. The number of likely N-dealkylation sites (N-methyl/N-ethyl adjacent to an activating group) is 1. The zero-order valence-corrected chi connectivity index (χ0v) is 11.4. The van der Waals surface area contributed by atoms with Crippen molar-refractivity contribution in [3.8, 4) is 0 Å². The zero-order valence-electron chi connectivity index (χ0n) is 10.5. The third-order valence-electron chi connectivity index (χ3n) is 2.52. The lowest BCUT2D eigenvalue weighted by Gasteiger charge is -2.24. The molecule has 0 bridgehead atoms. The Hall–Kier alpha value is -1.40. The molecule has 2 N–H and O–H groups in total. The van der Waals surface area contributed by atoms with Gasteiger partial charge in [-0.15, -0.1) is 11.3 Å². The highest BCUT2D eigenvalue weighted by Crippen LogP contribution is 2.11. The van der Waals surface area contributed by atoms with Crippen molar-refractivity contribution in [3.05, 3.63) is 22.4 Å². The number of rotatable bonds is 7. The number of aliphatic carboxylic acids is 1. The molecular weight excluding hydrogens is 252 g/mol. The fourth-order valence-corrected chi connectivity index (χ4v) is 2.36. The molecular formula is C12H18N2O3S. The van der Waals surface area contributed by atoms with Gasteiger partial charge in [0.05, 0.1) is 0 Å². The van der Waals surface area contributed by atoms with Gasteiger partial charge < -0.3 is 10.4 Å². The molecule has 1 aromatic heterocycles. The normalized spacial score (nSPS) is 12.4. The minimum absolute atomic E-state index is 0.309. The molecule has 1 rings (SSSR count). The van der Waals surface area contributed by atoms with Gasteiger partial charge in [-0.05, 0) is 18.0 Å². The Morgan fingerprint density at radius 2 is 2.28 bits per heavy atom. The van der Waals surface area contributed by atoms with Gasteiger partial charge >= 0.3 is 5.97 Å². The summed E-state index contributed by atoms with van der Waals surface area (Å²) in [5, 5.41) is 13.5. The predicted molar refractivity (Wildman–Crippen MR) is 70.5 cm³/mol. The topological polar surface area (TPSA) is 69.6 Å². The Balaban J connectivity index is 2.58. The third-order valence-corrected chi connectivity index (χ3v) is 3.38. The second-order valence-corrected chi connectivity index (χ2v) is 5.03. The molecule has 1 heterocycles. The van der Waals surface area contributed by atoms with E-state index in [1.165, 1.54) is 11.8 Å². The van der Waals surface area contributed by atoms with Crippen LogP contribution in [0.1, 0.15) is 18.7 Å². The van der Waals surface area contributed by atoms with E-state index in [2.05, 4.69) is 5.32 Å². The van der Waals surface area contributed by atoms with E-state index in [4.69, 9.17) is 5.11 Å². The van der Waals surface area contributed by atoms with Crippen molar-refractivity contribution in [2.24, 2.45) is 0 Å². The minimum Gasteiger partial charge on any atom is -0.480 e. The summed E-state index contributed by atoms with van der Waals surface area (Å²) in [6, 6.07) is 3.13. The Morgan fingerprint density at radius 1 is 1.56 bits per heavy atom. The highest BCUT2D eigenvalue weighted by atomic mass is 32.1. The van der Waals surface area contributed by atoms with Crippen molar-refractivity contribution < 1.29 is 14.7 Å². The van der Waals surface area contributed by atoms with Crippen LogP contribution in [0, 0.1) is 0 Å². The monoisotopic (exact) mass is 270 g/mol. The van der Waals surface area contributed by atoms with Crippen LogP contribution in [0.3, 0.4) is 0 Å². The first-order valence-corrected chi connectivity index (χ1v) is 6.65. The summed E-state index contributed by atoms with van der Waals surface area (Å²) in [5.74, 6) is -1.33. The van der Waals surface area contributed by atoms with Crippen LogP contribution >= 0.6 is 11.3 Å². The smallest absolute Gasteiger partial charge is 0.327 e. The van der Waals surface area contributed by atoms with Crippen LogP contribution < -0.4 is 5.32 Å². The summed E-state index contributed by atoms with van der Waals surface area (Å²) in [6.45, 7) is 5.05. The number of nitrogens with one attached hydrogen (secondary N) is 1. The van der Waals surface area contributed by atoms with Gasteiger partial charge in [0.25, 0.3) is 0 Å². The van der Waals surface area contributed by atoms with Gasteiger partial charge in [-0.25, -0.2) is 4.79 Å². The molecule has 0 aliphatic carbocycles. The van der Waals surface area contributed by atoms with Gasteiger partial charge in [0.15, 0.2) is 0 Å². The highest BCUT2D eigenvalue weighted by molar-refractivity contribution is 7.09. The summed E-state index contributed by atoms with van der Waals surface area (Å²) in [7, 11) is 0. The van der Waals surface area contributed by atoms with Crippen molar-refractivity contribution in [1.82, 2.24) is 10.2 Å². The molecule has 1 amide bonds. The number of hydrogen-bond donors (Lipinski definition) is 2. The first-order chi connectivity index (χ1) is 8.52. The van der Waals surface area contributed by atoms with Crippen LogP contribution in [-0.4, -0.2) is 41.0 Å². The largest absolute Gasteiger partial charge is 0.480 e. The molecule has 0 fully saturated rings. The minimum atomic E-state index is -1.00. The van der Waals surface area contributed by atoms with E-state index in [1.54, 1.807) is 11.3 Å². The van der Waals surface area contributed by atoms with E-state index in [0.717, 1.165) is 6.54 Å². The Labute approximate surface area is 110 Å². The number of hydrogen-bond acceptors (Lipinski definition) is 4. The van der Waals surface area contributed by atoms with Crippen LogP contribution in [0.15, 0.2) is 17.5 Å². The predicted octanol–water partition coefficient (Wildman–Crippen LogP) is 1.16. The molecule has 1 unspecified atom stereocenters. The molecule has 0 aliphatic heterocycles. The van der Waals surface area contributed by atoms with Crippen LogP contribution in [0.25, 0.3) is 0 Å². The number of thiophene rings is 1. The number of amides is 1. The van der Waals surface area contributed by atoms with E-state index in [1.807, 2.05) is 29.3 Å². The first-order valence-electron chi connectivity index (χ1n) is 5.77. The molecule has 1 aromatic rings. The number of carboxylic acid groups (broad SMARTS) is 1. The van der Waals surface area contributed by atoms with Gasteiger partial charge in [-0.2, -0.15) is 0 Å². The lowest BCUT2D eigenvalue weighted by molar-refractivity contribution is -0.142. The number of nitrogens with zero attached hydrogens (tertiary/aromatic N) is 1. The van der Waals surface area contributed by atoms with E-state index < -0.39 is 12.0 Å². The van der Waals surface area contributed by atoms with Gasteiger partial charge in [-0.3, -0.25) is 9.69 Å². The van der Waals surface area contributed by atoms with E-state index in [9.17, 15) is 9.59 Å². The molecule has 0 aromatic carbocycles. The second kappa shape index (κ2) is 7.13. The SMILES string of the molecule is CCN(Cc1cccs1)CC(NC(C)=O)C(=O)O.